The number of anilines is 2. The van der Waals surface area contributed by atoms with Gasteiger partial charge in [-0.3, -0.25) is 4.79 Å². The second-order valence-corrected chi connectivity index (χ2v) is 8.54. The lowest BCUT2D eigenvalue weighted by Gasteiger charge is -2.35. The zero-order chi connectivity index (χ0) is 21.7. The van der Waals surface area contributed by atoms with Crippen LogP contribution >= 0.6 is 0 Å². The summed E-state index contributed by atoms with van der Waals surface area (Å²) in [7, 11) is 0. The number of aromatic nitrogens is 1. The molecule has 3 rings (SSSR count). The first kappa shape index (κ1) is 21.9. The predicted molar refractivity (Wildman–Crippen MR) is 119 cm³/mol. The number of nitrogens with zero attached hydrogens (tertiary/aromatic N) is 2. The number of benzene rings is 1. The molecular formula is C23H31N5O2. The van der Waals surface area contributed by atoms with Gasteiger partial charge in [0.2, 0.25) is 0 Å². The van der Waals surface area contributed by atoms with Crippen molar-refractivity contribution in [3.8, 4) is 6.07 Å². The van der Waals surface area contributed by atoms with Crippen molar-refractivity contribution in [1.29, 1.82) is 5.26 Å². The van der Waals surface area contributed by atoms with Crippen LogP contribution < -0.4 is 15.5 Å². The molecule has 1 amide bonds. The number of aliphatic hydroxyl groups excluding tert-OH is 1. The largest absolute Gasteiger partial charge is 0.395 e. The molecule has 0 atom stereocenters. The first-order chi connectivity index (χ1) is 14.3. The molecule has 30 heavy (non-hydrogen) atoms. The van der Waals surface area contributed by atoms with E-state index in [1.165, 1.54) is 6.20 Å². The maximum Gasteiger partial charge on any atom is 0.272 e. The summed E-state index contributed by atoms with van der Waals surface area (Å²) in [6.07, 6.45) is 3.76. The molecule has 0 saturated carbocycles. The Morgan fingerprint density at radius 2 is 2.07 bits per heavy atom. The van der Waals surface area contributed by atoms with E-state index in [9.17, 15) is 9.90 Å². The van der Waals surface area contributed by atoms with Crippen molar-refractivity contribution >= 4 is 17.3 Å². The van der Waals surface area contributed by atoms with E-state index in [0.717, 1.165) is 42.9 Å². The fourth-order valence-corrected chi connectivity index (χ4v) is 3.79. The third-order valence-corrected chi connectivity index (χ3v) is 5.83. The minimum Gasteiger partial charge on any atom is -0.395 e. The molecule has 4 N–H and O–H groups in total. The highest BCUT2D eigenvalue weighted by Crippen LogP contribution is 2.34. The molecule has 7 heteroatoms. The molecule has 1 fully saturated rings. The van der Waals surface area contributed by atoms with Crippen LogP contribution in [0, 0.1) is 17.2 Å². The second-order valence-electron chi connectivity index (χ2n) is 8.54. The summed E-state index contributed by atoms with van der Waals surface area (Å²) in [6.45, 7) is 8.92. The zero-order valence-electron chi connectivity index (χ0n) is 18.0. The van der Waals surface area contributed by atoms with Crippen LogP contribution in [0.25, 0.3) is 0 Å². The molecule has 1 aromatic heterocycles. The Morgan fingerprint density at radius 3 is 2.70 bits per heavy atom. The number of aliphatic hydroxyl groups is 1. The predicted octanol–water partition coefficient (Wildman–Crippen LogP) is 3.19. The zero-order valence-corrected chi connectivity index (χ0v) is 18.0. The minimum absolute atomic E-state index is 0.0786. The topological polar surface area (TPSA) is 104 Å². The van der Waals surface area contributed by atoms with Gasteiger partial charge in [-0.15, -0.1) is 0 Å². The van der Waals surface area contributed by atoms with Crippen molar-refractivity contribution in [2.24, 2.45) is 5.92 Å². The Bertz CT molecular complexity index is 920. The molecule has 1 saturated heterocycles. The van der Waals surface area contributed by atoms with Gasteiger partial charge in [0.1, 0.15) is 11.8 Å². The maximum absolute atomic E-state index is 12.7. The third kappa shape index (κ3) is 5.02. The molecule has 160 valence electrons. The Labute approximate surface area is 178 Å². The quantitative estimate of drug-likeness (QED) is 0.562. The van der Waals surface area contributed by atoms with Gasteiger partial charge in [0, 0.05) is 31.4 Å². The first-order valence-electron chi connectivity index (χ1n) is 10.5. The Balaban J connectivity index is 1.90. The van der Waals surface area contributed by atoms with Crippen molar-refractivity contribution < 1.29 is 9.90 Å². The molecule has 1 aliphatic heterocycles. The maximum atomic E-state index is 12.7. The first-order valence-corrected chi connectivity index (χ1v) is 10.5. The molecule has 1 aliphatic rings. The number of hydrogen-bond acceptors (Lipinski definition) is 5. The highest BCUT2D eigenvalue weighted by molar-refractivity contribution is 6.05. The molecule has 0 unspecified atom stereocenters. The number of hydrogen-bond donors (Lipinski definition) is 4. The number of aromatic amines is 1. The molecule has 0 spiro atoms. The van der Waals surface area contributed by atoms with E-state index in [4.69, 9.17) is 5.26 Å². The van der Waals surface area contributed by atoms with E-state index in [0.29, 0.717) is 23.7 Å². The summed E-state index contributed by atoms with van der Waals surface area (Å²) >= 11 is 0. The summed E-state index contributed by atoms with van der Waals surface area (Å²) < 4.78 is 0. The van der Waals surface area contributed by atoms with Gasteiger partial charge in [0.25, 0.3) is 5.91 Å². The van der Waals surface area contributed by atoms with Crippen molar-refractivity contribution in [3.63, 3.8) is 0 Å². The SMILES string of the molecule is CC1CCN(c2cc(C(C)(C)NCCO)ccc2NC(=O)c2cc(C#N)c[nH]2)CC1. The van der Waals surface area contributed by atoms with Gasteiger partial charge in [-0.2, -0.15) is 5.26 Å². The van der Waals surface area contributed by atoms with Gasteiger partial charge in [-0.05, 0) is 56.4 Å². The molecule has 2 aromatic rings. The van der Waals surface area contributed by atoms with Crippen LogP contribution in [0.5, 0.6) is 0 Å². The van der Waals surface area contributed by atoms with Crippen LogP contribution in [0.4, 0.5) is 11.4 Å². The van der Waals surface area contributed by atoms with Crippen LogP contribution in [0.3, 0.4) is 0 Å². The number of piperidine rings is 1. The molecule has 0 bridgehead atoms. The van der Waals surface area contributed by atoms with Gasteiger partial charge < -0.3 is 25.6 Å². The number of H-pyrrole nitrogens is 1. The normalized spacial score (nSPS) is 15.1. The fraction of sp³-hybridized carbons (Fsp3) is 0.478. The summed E-state index contributed by atoms with van der Waals surface area (Å²) in [6, 6.07) is 9.66. The fourth-order valence-electron chi connectivity index (χ4n) is 3.79. The summed E-state index contributed by atoms with van der Waals surface area (Å²) in [4.78, 5) is 17.9. The van der Waals surface area contributed by atoms with E-state index in [2.05, 4.69) is 47.4 Å². The number of nitriles is 1. The van der Waals surface area contributed by atoms with Gasteiger partial charge in [-0.25, -0.2) is 0 Å². The highest BCUT2D eigenvalue weighted by Gasteiger charge is 2.25. The minimum atomic E-state index is -0.315. The second kappa shape index (κ2) is 9.33. The Kier molecular flexibility index (Phi) is 6.80. The van der Waals surface area contributed by atoms with E-state index in [-0.39, 0.29) is 18.1 Å². The standard InChI is InChI=1S/C23H31N5O2/c1-16-6-9-28(10-7-16)21-13-18(23(2,3)26-8-11-29)4-5-19(21)27-22(30)20-12-17(14-24)15-25-20/h4-5,12-13,15-16,25-26,29H,6-11H2,1-3H3,(H,27,30). The van der Waals surface area contributed by atoms with E-state index in [1.54, 1.807) is 6.07 Å². The lowest BCUT2D eigenvalue weighted by molar-refractivity contribution is 0.102. The lowest BCUT2D eigenvalue weighted by Crippen LogP contribution is -2.39. The van der Waals surface area contributed by atoms with Gasteiger partial charge in [-0.1, -0.05) is 13.0 Å². The van der Waals surface area contributed by atoms with E-state index < -0.39 is 0 Å². The van der Waals surface area contributed by atoms with Gasteiger partial charge in [0.05, 0.1) is 23.5 Å². The van der Waals surface area contributed by atoms with Crippen LogP contribution in [-0.4, -0.2) is 42.2 Å². The van der Waals surface area contributed by atoms with Crippen LogP contribution in [0.2, 0.25) is 0 Å². The molecule has 2 heterocycles. The summed E-state index contributed by atoms with van der Waals surface area (Å²) in [5.74, 6) is 0.432. The van der Waals surface area contributed by atoms with Gasteiger partial charge in [0.15, 0.2) is 0 Å². The van der Waals surface area contributed by atoms with E-state index >= 15 is 0 Å². The number of carbonyl (C=O) groups is 1. The van der Waals surface area contributed by atoms with Crippen LogP contribution in [0.15, 0.2) is 30.5 Å². The van der Waals surface area contributed by atoms with Crippen LogP contribution in [-0.2, 0) is 5.54 Å². The number of nitrogens with one attached hydrogen (secondary N) is 3. The molecule has 0 radical (unpaired) electrons. The van der Waals surface area contributed by atoms with E-state index in [1.807, 2.05) is 18.2 Å². The number of amides is 1. The Hall–Kier alpha value is -2.82. The number of rotatable bonds is 7. The van der Waals surface area contributed by atoms with Crippen molar-refractivity contribution in [3.05, 3.63) is 47.3 Å². The molecule has 1 aromatic carbocycles. The monoisotopic (exact) mass is 409 g/mol. The average Bonchev–Trinajstić information content (AvgIpc) is 3.23. The lowest BCUT2D eigenvalue weighted by atomic mass is 9.92. The highest BCUT2D eigenvalue weighted by atomic mass is 16.3. The Morgan fingerprint density at radius 1 is 1.33 bits per heavy atom. The van der Waals surface area contributed by atoms with Crippen molar-refractivity contribution in [2.75, 3.05) is 36.5 Å². The summed E-state index contributed by atoms with van der Waals surface area (Å²) in [5, 5.41) is 24.6. The smallest absolute Gasteiger partial charge is 0.272 e. The summed E-state index contributed by atoms with van der Waals surface area (Å²) in [5.41, 5.74) is 3.32. The van der Waals surface area contributed by atoms with Crippen LogP contribution in [0.1, 0.15) is 55.2 Å². The third-order valence-electron chi connectivity index (χ3n) is 5.83. The van der Waals surface area contributed by atoms with Crippen molar-refractivity contribution in [2.45, 2.75) is 39.2 Å². The molecule has 7 nitrogen and oxygen atoms in total. The average molecular weight is 410 g/mol. The van der Waals surface area contributed by atoms with Crippen molar-refractivity contribution in [1.82, 2.24) is 10.3 Å². The number of carbonyl (C=O) groups excluding carboxylic acids is 1. The van der Waals surface area contributed by atoms with Gasteiger partial charge >= 0.3 is 0 Å². The molecular weight excluding hydrogens is 378 g/mol. The molecule has 0 aliphatic carbocycles.